The molecule has 3 aromatic carbocycles. The molecular weight excluding hydrogens is 512 g/mol. The van der Waals surface area contributed by atoms with Crippen molar-refractivity contribution < 1.29 is 22.3 Å². The van der Waals surface area contributed by atoms with Crippen molar-refractivity contribution in [3.8, 4) is 40.6 Å². The van der Waals surface area contributed by atoms with E-state index in [2.05, 4.69) is 10.2 Å². The number of thioether (sulfide) groups is 1. The summed E-state index contributed by atoms with van der Waals surface area (Å²) >= 11 is 7.76. The minimum Gasteiger partial charge on any atom is -0.454 e. The molecule has 0 aliphatic carbocycles. The van der Waals surface area contributed by atoms with Gasteiger partial charge in [-0.3, -0.25) is 0 Å². The Labute approximate surface area is 209 Å². The highest BCUT2D eigenvalue weighted by Gasteiger charge is 2.24. The van der Waals surface area contributed by atoms with Gasteiger partial charge in [0.2, 0.25) is 18.6 Å². The third-order valence-corrected chi connectivity index (χ3v) is 7.86. The third kappa shape index (κ3) is 4.77. The van der Waals surface area contributed by atoms with Crippen LogP contribution >= 0.6 is 23.4 Å². The summed E-state index contributed by atoms with van der Waals surface area (Å²) in [5.41, 5.74) is 1.82. The molecule has 1 N–H and O–H groups in total. The number of sulfonamides is 1. The third-order valence-electron chi connectivity index (χ3n) is 5.01. The molecule has 1 aliphatic rings. The predicted octanol–water partition coefficient (Wildman–Crippen LogP) is 4.84. The molecule has 0 fully saturated rings. The molecule has 0 radical (unpaired) electrons. The smallest absolute Gasteiger partial charge is 0.271 e. The molecule has 0 amide bonds. The lowest BCUT2D eigenvalue weighted by Crippen LogP contribution is -2.19. The van der Waals surface area contributed by atoms with Gasteiger partial charge in [-0.1, -0.05) is 35.9 Å². The molecule has 4 aromatic rings. The van der Waals surface area contributed by atoms with Crippen LogP contribution < -0.4 is 14.2 Å². The van der Waals surface area contributed by atoms with E-state index in [1.165, 1.54) is 30.1 Å². The van der Waals surface area contributed by atoms with E-state index in [1.54, 1.807) is 6.07 Å². The van der Waals surface area contributed by atoms with Crippen LogP contribution in [0.2, 0.25) is 5.02 Å². The van der Waals surface area contributed by atoms with Crippen LogP contribution in [0.3, 0.4) is 0 Å². The van der Waals surface area contributed by atoms with Crippen molar-refractivity contribution in [1.82, 2.24) is 14.9 Å². The normalized spacial score (nSPS) is 12.3. The second kappa shape index (κ2) is 9.50. The number of fused-ring (bicyclic) bond motifs is 1. The van der Waals surface area contributed by atoms with Crippen LogP contribution in [0.4, 0.5) is 0 Å². The highest BCUT2D eigenvalue weighted by atomic mass is 35.5. The van der Waals surface area contributed by atoms with Crippen LogP contribution in [0.25, 0.3) is 22.9 Å². The van der Waals surface area contributed by atoms with E-state index in [0.717, 1.165) is 5.56 Å². The molecule has 1 aliphatic heterocycles. The number of ether oxygens (including phenoxy) is 2. The Balaban J connectivity index is 1.50. The van der Waals surface area contributed by atoms with Gasteiger partial charge in [0.05, 0.1) is 10.6 Å². The van der Waals surface area contributed by atoms with E-state index in [0.29, 0.717) is 27.7 Å². The number of nitriles is 1. The average Bonchev–Trinajstić information content (AvgIpc) is 3.53. The summed E-state index contributed by atoms with van der Waals surface area (Å²) < 4.78 is 44.0. The highest BCUT2D eigenvalue weighted by Crippen LogP contribution is 2.39. The SMILES string of the molecule is N#CNS(=O)(=O)c1cc(-c2nnc(-c3ccccc3)o2)c(Cl)cc1SCc1ccc2c(c1)OCO2. The van der Waals surface area contributed by atoms with Gasteiger partial charge in [-0.05, 0) is 42.0 Å². The Bertz CT molecular complexity index is 1550. The number of aromatic nitrogens is 2. The van der Waals surface area contributed by atoms with Crippen LogP contribution in [0.5, 0.6) is 11.5 Å². The Morgan fingerprint density at radius 1 is 1.03 bits per heavy atom. The van der Waals surface area contributed by atoms with E-state index >= 15 is 0 Å². The standard InChI is InChI=1S/C23H15ClN4O5S2/c24-17-10-20(34-11-14-6-7-18-19(8-14)32-13-31-18)21(35(29,30)26-12-25)9-16(17)23-28-27-22(33-23)15-4-2-1-3-5-15/h1-10,26H,11,13H2. The summed E-state index contributed by atoms with van der Waals surface area (Å²) in [6.07, 6.45) is 1.47. The quantitative estimate of drug-likeness (QED) is 0.204. The number of nitrogens with one attached hydrogen (secondary N) is 1. The first-order chi connectivity index (χ1) is 16.9. The van der Waals surface area contributed by atoms with Crippen molar-refractivity contribution in [2.24, 2.45) is 0 Å². The maximum absolute atomic E-state index is 12.8. The molecule has 0 spiro atoms. The lowest BCUT2D eigenvalue weighted by atomic mass is 10.2. The molecule has 9 nitrogen and oxygen atoms in total. The van der Waals surface area contributed by atoms with E-state index in [9.17, 15) is 8.42 Å². The van der Waals surface area contributed by atoms with Crippen molar-refractivity contribution in [1.29, 1.82) is 5.26 Å². The fourth-order valence-electron chi connectivity index (χ4n) is 3.36. The van der Waals surface area contributed by atoms with Crippen LogP contribution in [0.15, 0.2) is 74.9 Å². The Hall–Kier alpha value is -3.72. The number of benzene rings is 3. The molecule has 0 bridgehead atoms. The molecule has 35 heavy (non-hydrogen) atoms. The van der Waals surface area contributed by atoms with Gasteiger partial charge in [0.15, 0.2) is 17.7 Å². The Morgan fingerprint density at radius 3 is 2.60 bits per heavy atom. The fraction of sp³-hybridized carbons (Fsp3) is 0.0870. The van der Waals surface area contributed by atoms with Crippen LogP contribution in [-0.2, 0) is 15.8 Å². The second-order valence-electron chi connectivity index (χ2n) is 7.25. The summed E-state index contributed by atoms with van der Waals surface area (Å²) in [5.74, 6) is 2.01. The van der Waals surface area contributed by atoms with Gasteiger partial charge in [-0.2, -0.15) is 5.26 Å². The van der Waals surface area contributed by atoms with Gasteiger partial charge < -0.3 is 13.9 Å². The van der Waals surface area contributed by atoms with Crippen molar-refractivity contribution in [3.63, 3.8) is 0 Å². The zero-order valence-electron chi connectivity index (χ0n) is 17.8. The maximum Gasteiger partial charge on any atom is 0.271 e. The molecule has 12 heteroatoms. The summed E-state index contributed by atoms with van der Waals surface area (Å²) in [6, 6.07) is 17.5. The number of halogens is 1. The summed E-state index contributed by atoms with van der Waals surface area (Å²) in [4.78, 5) is 0.214. The van der Waals surface area contributed by atoms with Crippen molar-refractivity contribution in [2.75, 3.05) is 6.79 Å². The first-order valence-corrected chi connectivity index (χ1v) is 12.9. The van der Waals surface area contributed by atoms with E-state index < -0.39 is 10.0 Å². The largest absolute Gasteiger partial charge is 0.454 e. The zero-order chi connectivity index (χ0) is 24.4. The van der Waals surface area contributed by atoms with Gasteiger partial charge in [0.1, 0.15) is 4.90 Å². The van der Waals surface area contributed by atoms with Gasteiger partial charge in [0, 0.05) is 16.2 Å². The molecule has 5 rings (SSSR count). The lowest BCUT2D eigenvalue weighted by Gasteiger charge is -2.12. The topological polar surface area (TPSA) is 127 Å². The molecule has 2 heterocycles. The van der Waals surface area contributed by atoms with Gasteiger partial charge in [-0.15, -0.1) is 22.0 Å². The lowest BCUT2D eigenvalue weighted by molar-refractivity contribution is 0.174. The van der Waals surface area contributed by atoms with E-state index in [-0.39, 0.29) is 34.1 Å². The van der Waals surface area contributed by atoms with Gasteiger partial charge >= 0.3 is 0 Å². The zero-order valence-corrected chi connectivity index (χ0v) is 20.2. The molecule has 176 valence electrons. The molecule has 1 aromatic heterocycles. The van der Waals surface area contributed by atoms with E-state index in [1.807, 2.05) is 47.2 Å². The van der Waals surface area contributed by atoms with Gasteiger partial charge in [-0.25, -0.2) is 13.1 Å². The molecule has 0 atom stereocenters. The molecule has 0 saturated heterocycles. The monoisotopic (exact) mass is 526 g/mol. The first kappa shape index (κ1) is 23.0. The fourth-order valence-corrected chi connectivity index (χ4v) is 5.90. The van der Waals surface area contributed by atoms with Gasteiger partial charge in [0.25, 0.3) is 10.0 Å². The van der Waals surface area contributed by atoms with Crippen molar-refractivity contribution in [3.05, 3.63) is 71.2 Å². The van der Waals surface area contributed by atoms with Crippen molar-refractivity contribution in [2.45, 2.75) is 15.5 Å². The number of rotatable bonds is 7. The molecular formula is C23H15ClN4O5S2. The van der Waals surface area contributed by atoms with Crippen LogP contribution in [0, 0.1) is 11.5 Å². The summed E-state index contributed by atoms with van der Waals surface area (Å²) in [5, 5.41) is 17.3. The predicted molar refractivity (Wildman–Crippen MR) is 128 cm³/mol. The molecule has 0 saturated carbocycles. The van der Waals surface area contributed by atoms with E-state index in [4.69, 9.17) is 30.8 Å². The Kier molecular flexibility index (Phi) is 6.25. The van der Waals surface area contributed by atoms with Crippen LogP contribution in [0.1, 0.15) is 5.56 Å². The summed E-state index contributed by atoms with van der Waals surface area (Å²) in [6.45, 7) is 0.160. The number of nitrogens with zero attached hydrogens (tertiary/aromatic N) is 3. The highest BCUT2D eigenvalue weighted by molar-refractivity contribution is 7.99. The number of hydrogen-bond donors (Lipinski definition) is 1. The number of hydrogen-bond acceptors (Lipinski definition) is 9. The minimum atomic E-state index is -4.17. The Morgan fingerprint density at radius 2 is 1.80 bits per heavy atom. The summed E-state index contributed by atoms with van der Waals surface area (Å²) in [7, 11) is -4.17. The minimum absolute atomic E-state index is 0.0505. The first-order valence-electron chi connectivity index (χ1n) is 10.1. The van der Waals surface area contributed by atoms with Crippen LogP contribution in [-0.4, -0.2) is 25.4 Å². The average molecular weight is 527 g/mol. The molecule has 0 unspecified atom stereocenters. The van der Waals surface area contributed by atoms with Crippen molar-refractivity contribution >= 4 is 33.4 Å². The second-order valence-corrected chi connectivity index (χ2v) is 10.3. The maximum atomic E-state index is 12.8.